The van der Waals surface area contributed by atoms with Crippen LogP contribution in [-0.4, -0.2) is 8.42 Å². The van der Waals surface area contributed by atoms with Gasteiger partial charge in [0.25, 0.3) is 0 Å². The molecule has 0 saturated heterocycles. The molecule has 2 N–H and O–H groups in total. The molecule has 2 aromatic rings. The molecule has 0 aliphatic heterocycles. The number of primary sulfonamides is 1. The lowest BCUT2D eigenvalue weighted by Crippen LogP contribution is -2.12. The third-order valence-electron chi connectivity index (χ3n) is 2.63. The Morgan fingerprint density at radius 1 is 1.14 bits per heavy atom. The molecule has 4 nitrogen and oxygen atoms in total. The van der Waals surface area contributed by atoms with Gasteiger partial charge in [0.15, 0.2) is 0 Å². The molecule has 0 aromatic heterocycles. The fraction of sp³-hybridized carbons (Fsp3) is 0.0769. The first-order chi connectivity index (χ1) is 9.77. The minimum atomic E-state index is -3.73. The lowest BCUT2D eigenvalue weighted by molar-refractivity contribution is 0.304. The summed E-state index contributed by atoms with van der Waals surface area (Å²) in [5, 5.41) is 5.65. The molecule has 0 aliphatic rings. The predicted molar refractivity (Wildman–Crippen MR) is 89.0 cm³/mol. The van der Waals surface area contributed by atoms with Gasteiger partial charge in [0.05, 0.1) is 9.37 Å². The molecule has 0 unspecified atom stereocenters. The first kappa shape index (κ1) is 16.8. The van der Waals surface area contributed by atoms with Crippen LogP contribution in [-0.2, 0) is 16.6 Å². The zero-order chi connectivity index (χ0) is 15.6. The third-order valence-corrected chi connectivity index (χ3v) is 5.01. The lowest BCUT2D eigenvalue weighted by Gasteiger charge is -2.10. The SMILES string of the molecule is NS(=O)(=O)c1ccc(OCc2ccc(Br)cc2Cl)c(Br)c1. The second-order valence-corrected chi connectivity index (χ2v) is 7.90. The largest absolute Gasteiger partial charge is 0.488 e. The van der Waals surface area contributed by atoms with E-state index in [0.29, 0.717) is 15.2 Å². The van der Waals surface area contributed by atoms with E-state index in [4.69, 9.17) is 21.5 Å². The molecule has 8 heteroatoms. The highest BCUT2D eigenvalue weighted by atomic mass is 79.9. The van der Waals surface area contributed by atoms with Crippen LogP contribution in [0.25, 0.3) is 0 Å². The monoisotopic (exact) mass is 453 g/mol. The minimum Gasteiger partial charge on any atom is -0.488 e. The summed E-state index contributed by atoms with van der Waals surface area (Å²) in [7, 11) is -3.73. The van der Waals surface area contributed by atoms with Crippen LogP contribution in [0.3, 0.4) is 0 Å². The van der Waals surface area contributed by atoms with Crippen LogP contribution < -0.4 is 9.88 Å². The van der Waals surface area contributed by atoms with E-state index >= 15 is 0 Å². The maximum absolute atomic E-state index is 11.2. The van der Waals surface area contributed by atoms with Gasteiger partial charge in [-0.3, -0.25) is 0 Å². The van der Waals surface area contributed by atoms with E-state index in [1.165, 1.54) is 18.2 Å². The van der Waals surface area contributed by atoms with Crippen molar-refractivity contribution in [1.29, 1.82) is 0 Å². The normalized spacial score (nSPS) is 11.4. The Balaban J connectivity index is 2.17. The number of sulfonamides is 1. The summed E-state index contributed by atoms with van der Waals surface area (Å²) >= 11 is 12.7. The molecule has 0 spiro atoms. The topological polar surface area (TPSA) is 69.4 Å². The van der Waals surface area contributed by atoms with Crippen molar-refractivity contribution < 1.29 is 13.2 Å². The van der Waals surface area contributed by atoms with Gasteiger partial charge in [-0.15, -0.1) is 0 Å². The standard InChI is InChI=1S/C13H10Br2ClNO3S/c14-9-2-1-8(12(16)5-9)7-20-13-4-3-10(6-11(13)15)21(17,18)19/h1-6H,7H2,(H2,17,18,19). The van der Waals surface area contributed by atoms with E-state index in [1.807, 2.05) is 12.1 Å². The predicted octanol–water partition coefficient (Wildman–Crippen LogP) is 4.09. The molecular weight excluding hydrogens is 445 g/mol. The van der Waals surface area contributed by atoms with Crippen molar-refractivity contribution in [3.05, 3.63) is 55.9 Å². The van der Waals surface area contributed by atoms with Crippen molar-refractivity contribution >= 4 is 53.5 Å². The maximum Gasteiger partial charge on any atom is 0.238 e. The minimum absolute atomic E-state index is 0.0170. The first-order valence-electron chi connectivity index (χ1n) is 5.66. The summed E-state index contributed by atoms with van der Waals surface area (Å²) in [6.07, 6.45) is 0. The van der Waals surface area contributed by atoms with Crippen LogP contribution in [0.15, 0.2) is 50.2 Å². The zero-order valence-electron chi connectivity index (χ0n) is 10.5. The van der Waals surface area contributed by atoms with E-state index in [9.17, 15) is 8.42 Å². The summed E-state index contributed by atoms with van der Waals surface area (Å²) in [5.41, 5.74) is 0.822. The van der Waals surface area contributed by atoms with Crippen LogP contribution in [0.1, 0.15) is 5.56 Å². The van der Waals surface area contributed by atoms with E-state index in [-0.39, 0.29) is 11.5 Å². The molecule has 21 heavy (non-hydrogen) atoms. The molecular formula is C13H10Br2ClNO3S. The van der Waals surface area contributed by atoms with Gasteiger partial charge >= 0.3 is 0 Å². The Morgan fingerprint density at radius 3 is 2.43 bits per heavy atom. The number of hydrogen-bond donors (Lipinski definition) is 1. The summed E-state index contributed by atoms with van der Waals surface area (Å²) < 4.78 is 29.5. The van der Waals surface area contributed by atoms with E-state index in [2.05, 4.69) is 31.9 Å². The number of nitrogens with two attached hydrogens (primary N) is 1. The van der Waals surface area contributed by atoms with Crippen molar-refractivity contribution in [3.8, 4) is 5.75 Å². The van der Waals surface area contributed by atoms with E-state index in [0.717, 1.165) is 10.0 Å². The van der Waals surface area contributed by atoms with Crippen LogP contribution in [0.4, 0.5) is 0 Å². The van der Waals surface area contributed by atoms with Crippen LogP contribution in [0.2, 0.25) is 5.02 Å². The lowest BCUT2D eigenvalue weighted by atomic mass is 10.2. The molecule has 0 aliphatic carbocycles. The third kappa shape index (κ3) is 4.43. The Labute approximate surface area is 144 Å². The second kappa shape index (κ2) is 6.66. The van der Waals surface area contributed by atoms with Crippen molar-refractivity contribution in [2.75, 3.05) is 0 Å². The average molecular weight is 456 g/mol. The summed E-state index contributed by atoms with van der Waals surface area (Å²) in [6, 6.07) is 9.81. The average Bonchev–Trinajstić information content (AvgIpc) is 2.38. The molecule has 0 amide bonds. The Bertz CT molecular complexity index is 781. The summed E-state index contributed by atoms with van der Waals surface area (Å²) in [5.74, 6) is 0.501. The number of rotatable bonds is 4. The zero-order valence-corrected chi connectivity index (χ0v) is 15.3. The summed E-state index contributed by atoms with van der Waals surface area (Å²) in [4.78, 5) is 0.0170. The van der Waals surface area contributed by atoms with Crippen molar-refractivity contribution in [2.45, 2.75) is 11.5 Å². The fourth-order valence-electron chi connectivity index (χ4n) is 1.57. The van der Waals surface area contributed by atoms with Gasteiger partial charge in [0, 0.05) is 15.1 Å². The molecule has 0 bridgehead atoms. The number of benzene rings is 2. The van der Waals surface area contributed by atoms with Crippen molar-refractivity contribution in [3.63, 3.8) is 0 Å². The highest BCUT2D eigenvalue weighted by Gasteiger charge is 2.11. The highest BCUT2D eigenvalue weighted by Crippen LogP contribution is 2.29. The van der Waals surface area contributed by atoms with Gasteiger partial charge < -0.3 is 4.74 Å². The van der Waals surface area contributed by atoms with Crippen molar-refractivity contribution in [2.24, 2.45) is 5.14 Å². The summed E-state index contributed by atoms with van der Waals surface area (Å²) in [6.45, 7) is 0.263. The molecule has 0 atom stereocenters. The van der Waals surface area contributed by atoms with Gasteiger partial charge in [-0.2, -0.15) is 0 Å². The second-order valence-electron chi connectivity index (χ2n) is 4.16. The molecule has 0 saturated carbocycles. The quantitative estimate of drug-likeness (QED) is 0.755. The number of halogens is 3. The van der Waals surface area contributed by atoms with Gasteiger partial charge in [-0.1, -0.05) is 33.6 Å². The van der Waals surface area contributed by atoms with Gasteiger partial charge in [0.1, 0.15) is 12.4 Å². The number of ether oxygens (including phenoxy) is 1. The Hall–Kier alpha value is -0.600. The molecule has 112 valence electrons. The van der Waals surface area contributed by atoms with Crippen molar-refractivity contribution in [1.82, 2.24) is 0 Å². The fourth-order valence-corrected chi connectivity index (χ4v) is 3.48. The first-order valence-corrected chi connectivity index (χ1v) is 9.17. The molecule has 0 radical (unpaired) electrons. The Kier molecular flexibility index (Phi) is 5.32. The van der Waals surface area contributed by atoms with Gasteiger partial charge in [0.2, 0.25) is 10.0 Å². The maximum atomic E-state index is 11.2. The van der Waals surface area contributed by atoms with Crippen LogP contribution in [0.5, 0.6) is 5.75 Å². The molecule has 0 heterocycles. The van der Waals surface area contributed by atoms with Crippen LogP contribution >= 0.6 is 43.5 Å². The Morgan fingerprint density at radius 2 is 1.86 bits per heavy atom. The van der Waals surface area contributed by atoms with E-state index < -0.39 is 10.0 Å². The van der Waals surface area contributed by atoms with E-state index in [1.54, 1.807) is 6.07 Å². The molecule has 2 aromatic carbocycles. The molecule has 2 rings (SSSR count). The van der Waals surface area contributed by atoms with Gasteiger partial charge in [-0.05, 0) is 46.3 Å². The van der Waals surface area contributed by atoms with Gasteiger partial charge in [-0.25, -0.2) is 13.6 Å². The number of hydrogen-bond acceptors (Lipinski definition) is 3. The smallest absolute Gasteiger partial charge is 0.238 e. The van der Waals surface area contributed by atoms with Crippen LogP contribution in [0, 0.1) is 0 Å². The highest BCUT2D eigenvalue weighted by molar-refractivity contribution is 9.10. The molecule has 0 fully saturated rings.